The van der Waals surface area contributed by atoms with Gasteiger partial charge in [0.15, 0.2) is 0 Å². The maximum absolute atomic E-state index is 14.2. The number of hydrogen-bond acceptors (Lipinski definition) is 9. The van der Waals surface area contributed by atoms with Gasteiger partial charge in [0.25, 0.3) is 11.8 Å². The minimum atomic E-state index is -0.754. The predicted molar refractivity (Wildman–Crippen MR) is 226 cm³/mol. The van der Waals surface area contributed by atoms with Crippen molar-refractivity contribution in [2.24, 2.45) is 0 Å². The third-order valence-corrected chi connectivity index (χ3v) is 10.9. The van der Waals surface area contributed by atoms with E-state index in [1.165, 1.54) is 50.5 Å². The summed E-state index contributed by atoms with van der Waals surface area (Å²) >= 11 is 2.52. The Bertz CT molecular complexity index is 2410. The molecule has 0 radical (unpaired) electrons. The van der Waals surface area contributed by atoms with E-state index in [0.717, 1.165) is 16.7 Å². The molecule has 0 spiro atoms. The summed E-state index contributed by atoms with van der Waals surface area (Å²) < 4.78 is 16.0. The first-order chi connectivity index (χ1) is 27.7. The fourth-order valence-electron chi connectivity index (χ4n) is 5.80. The van der Waals surface area contributed by atoms with Crippen LogP contribution in [0, 0.1) is 6.92 Å². The van der Waals surface area contributed by atoms with Crippen LogP contribution in [0.5, 0.6) is 11.5 Å². The molecular weight excluding hydrogens is 759 g/mol. The summed E-state index contributed by atoms with van der Waals surface area (Å²) in [5.74, 6) is -0.985. The number of rotatable bonds is 14. The highest BCUT2D eigenvalue weighted by atomic mass is 32.2. The Balaban J connectivity index is 1.27. The molecule has 10 nitrogen and oxygen atoms in total. The lowest BCUT2D eigenvalue weighted by Gasteiger charge is -2.18. The molecular formula is C45H39N3O7S2. The minimum absolute atomic E-state index is 0.0331. The molecule has 0 aliphatic rings. The van der Waals surface area contributed by atoms with Crippen molar-refractivity contribution in [1.29, 1.82) is 0 Å². The van der Waals surface area contributed by atoms with Crippen LogP contribution < -0.4 is 25.4 Å². The Morgan fingerprint density at radius 3 is 2.16 bits per heavy atom. The van der Waals surface area contributed by atoms with Crippen molar-refractivity contribution in [3.63, 3.8) is 0 Å². The van der Waals surface area contributed by atoms with E-state index in [2.05, 4.69) is 16.0 Å². The number of thiophene rings is 1. The van der Waals surface area contributed by atoms with Crippen LogP contribution in [0.25, 0.3) is 17.2 Å². The average Bonchev–Trinajstić information content (AvgIpc) is 3.66. The second kappa shape index (κ2) is 18.8. The maximum Gasteiger partial charge on any atom is 0.341 e. The van der Waals surface area contributed by atoms with Gasteiger partial charge < -0.3 is 30.2 Å². The average molecular weight is 798 g/mol. The Morgan fingerprint density at radius 1 is 0.754 bits per heavy atom. The number of methoxy groups -OCH3 is 3. The summed E-state index contributed by atoms with van der Waals surface area (Å²) in [4.78, 5) is 55.2. The Morgan fingerprint density at radius 2 is 1.47 bits per heavy atom. The number of amides is 3. The normalized spacial score (nSPS) is 11.5. The third-order valence-electron chi connectivity index (χ3n) is 8.74. The third kappa shape index (κ3) is 9.98. The van der Waals surface area contributed by atoms with E-state index in [1.54, 1.807) is 66.7 Å². The van der Waals surface area contributed by atoms with Gasteiger partial charge in [0, 0.05) is 38.7 Å². The second-order valence-electron chi connectivity index (χ2n) is 12.6. The smallest absolute Gasteiger partial charge is 0.341 e. The van der Waals surface area contributed by atoms with E-state index < -0.39 is 23.0 Å². The Kier molecular flexibility index (Phi) is 13.2. The lowest BCUT2D eigenvalue weighted by molar-refractivity contribution is -0.116. The van der Waals surface area contributed by atoms with Gasteiger partial charge in [0.2, 0.25) is 5.91 Å². The van der Waals surface area contributed by atoms with Gasteiger partial charge in [-0.1, -0.05) is 84.4 Å². The zero-order valence-corrected chi connectivity index (χ0v) is 33.2. The molecule has 288 valence electrons. The standard InChI is InChI=1S/C45H39N3O7S2/c1-28-18-20-29(21-19-28)36-27-56-44(39(36)45(52)55-4)48-43(51)40(30-12-7-5-8-13-30)57-35-17-11-16-33(25-35)46-42(50)37(47-41(49)31-14-9-6-10-15-31)24-32-22-23-34(53-2)26-38(32)54-3/h5-27,40H,1-4H3,(H,46,50)(H,47,49)(H,48,51)/b37-24+. The molecule has 0 fully saturated rings. The largest absolute Gasteiger partial charge is 0.497 e. The van der Waals surface area contributed by atoms with Gasteiger partial charge >= 0.3 is 5.97 Å². The first kappa shape index (κ1) is 40.0. The van der Waals surface area contributed by atoms with Gasteiger partial charge in [0.1, 0.15) is 33.0 Å². The molecule has 1 heterocycles. The van der Waals surface area contributed by atoms with Crippen molar-refractivity contribution < 1.29 is 33.4 Å². The van der Waals surface area contributed by atoms with E-state index in [-0.39, 0.29) is 17.2 Å². The molecule has 57 heavy (non-hydrogen) atoms. The quantitative estimate of drug-likeness (QED) is 0.0565. The summed E-state index contributed by atoms with van der Waals surface area (Å²) in [5, 5.41) is 10.1. The molecule has 3 amide bonds. The molecule has 5 aromatic carbocycles. The van der Waals surface area contributed by atoms with Crippen LogP contribution in [0.15, 0.2) is 143 Å². The van der Waals surface area contributed by atoms with E-state index in [9.17, 15) is 19.2 Å². The summed E-state index contributed by atoms with van der Waals surface area (Å²) in [5.41, 5.74) is 4.86. The molecule has 6 aromatic rings. The van der Waals surface area contributed by atoms with E-state index in [4.69, 9.17) is 14.2 Å². The summed E-state index contributed by atoms with van der Waals surface area (Å²) in [6.45, 7) is 1.98. The van der Waals surface area contributed by atoms with Gasteiger partial charge in [-0.3, -0.25) is 14.4 Å². The number of esters is 1. The number of hydrogen-bond donors (Lipinski definition) is 3. The molecule has 6 rings (SSSR count). The van der Waals surface area contributed by atoms with Crippen molar-refractivity contribution in [2.75, 3.05) is 32.0 Å². The number of aryl methyl sites for hydroxylation is 1. The number of carbonyl (C=O) groups excluding carboxylic acids is 4. The number of thioether (sulfide) groups is 1. The number of anilines is 2. The molecule has 1 atom stereocenters. The van der Waals surface area contributed by atoms with Crippen LogP contribution in [0.1, 0.15) is 42.7 Å². The highest BCUT2D eigenvalue weighted by molar-refractivity contribution is 8.00. The lowest BCUT2D eigenvalue weighted by Crippen LogP contribution is -2.30. The topological polar surface area (TPSA) is 132 Å². The molecule has 12 heteroatoms. The first-order valence-electron chi connectivity index (χ1n) is 17.7. The van der Waals surface area contributed by atoms with Crippen LogP contribution in [0.2, 0.25) is 0 Å². The number of benzene rings is 5. The van der Waals surface area contributed by atoms with Crippen LogP contribution in [0.4, 0.5) is 10.7 Å². The van der Waals surface area contributed by atoms with Gasteiger partial charge in [-0.05, 0) is 66.6 Å². The first-order valence-corrected chi connectivity index (χ1v) is 19.4. The zero-order chi connectivity index (χ0) is 40.3. The van der Waals surface area contributed by atoms with Crippen molar-refractivity contribution in [3.8, 4) is 22.6 Å². The van der Waals surface area contributed by atoms with Crippen molar-refractivity contribution >= 4 is 63.6 Å². The second-order valence-corrected chi connectivity index (χ2v) is 14.6. The summed E-state index contributed by atoms with van der Waals surface area (Å²) in [6.07, 6.45) is 1.53. The number of carbonyl (C=O) groups is 4. The fourth-order valence-corrected chi connectivity index (χ4v) is 7.84. The van der Waals surface area contributed by atoms with E-state index in [1.807, 2.05) is 73.0 Å². The van der Waals surface area contributed by atoms with Crippen LogP contribution in [0.3, 0.4) is 0 Å². The molecule has 0 aliphatic heterocycles. The lowest BCUT2D eigenvalue weighted by atomic mass is 10.0. The van der Waals surface area contributed by atoms with E-state index in [0.29, 0.717) is 43.8 Å². The van der Waals surface area contributed by atoms with Crippen LogP contribution in [-0.4, -0.2) is 45.0 Å². The van der Waals surface area contributed by atoms with E-state index >= 15 is 0 Å². The predicted octanol–water partition coefficient (Wildman–Crippen LogP) is 9.41. The highest BCUT2D eigenvalue weighted by Crippen LogP contribution is 2.40. The minimum Gasteiger partial charge on any atom is -0.497 e. The monoisotopic (exact) mass is 797 g/mol. The Hall–Kier alpha value is -6.63. The number of nitrogens with one attached hydrogen (secondary N) is 3. The van der Waals surface area contributed by atoms with Gasteiger partial charge in [-0.2, -0.15) is 0 Å². The Labute approximate surface area is 338 Å². The molecule has 0 aliphatic carbocycles. The SMILES string of the molecule is COC(=O)c1c(-c2ccc(C)cc2)csc1NC(=O)C(Sc1cccc(NC(=O)/C(=C\c2ccc(OC)cc2OC)NC(=O)c2ccccc2)c1)c1ccccc1. The van der Waals surface area contributed by atoms with Crippen LogP contribution in [-0.2, 0) is 14.3 Å². The molecule has 1 aromatic heterocycles. The molecule has 0 saturated carbocycles. The summed E-state index contributed by atoms with van der Waals surface area (Å²) in [7, 11) is 4.35. The highest BCUT2D eigenvalue weighted by Gasteiger charge is 2.27. The molecule has 0 saturated heterocycles. The zero-order valence-electron chi connectivity index (χ0n) is 31.5. The fraction of sp³-hybridized carbons (Fsp3) is 0.111. The van der Waals surface area contributed by atoms with Crippen molar-refractivity contribution in [2.45, 2.75) is 17.1 Å². The number of ether oxygens (including phenoxy) is 3. The maximum atomic E-state index is 14.2. The van der Waals surface area contributed by atoms with Gasteiger partial charge in [-0.15, -0.1) is 23.1 Å². The van der Waals surface area contributed by atoms with Crippen molar-refractivity contribution in [3.05, 3.63) is 166 Å². The molecule has 1 unspecified atom stereocenters. The van der Waals surface area contributed by atoms with Gasteiger partial charge in [0.05, 0.1) is 21.3 Å². The summed E-state index contributed by atoms with van der Waals surface area (Å²) in [6, 6.07) is 37.8. The molecule has 0 bridgehead atoms. The van der Waals surface area contributed by atoms with Gasteiger partial charge in [-0.25, -0.2) is 4.79 Å². The molecule has 3 N–H and O–H groups in total. The van der Waals surface area contributed by atoms with Crippen LogP contribution >= 0.6 is 23.1 Å². The van der Waals surface area contributed by atoms with Crippen molar-refractivity contribution in [1.82, 2.24) is 5.32 Å².